The van der Waals surface area contributed by atoms with Crippen molar-refractivity contribution in [1.29, 1.82) is 0 Å². The van der Waals surface area contributed by atoms with Crippen molar-refractivity contribution in [1.82, 2.24) is 9.38 Å². The molecule has 3 rings (SSSR count). The van der Waals surface area contributed by atoms with E-state index in [9.17, 15) is 0 Å². The van der Waals surface area contributed by atoms with E-state index in [1.807, 2.05) is 48.8 Å². The lowest BCUT2D eigenvalue weighted by atomic mass is 10.1. The van der Waals surface area contributed by atoms with Gasteiger partial charge in [-0.25, -0.2) is 4.98 Å². The van der Waals surface area contributed by atoms with Crippen LogP contribution in [0.4, 0.5) is 17.2 Å². The van der Waals surface area contributed by atoms with Crippen molar-refractivity contribution in [2.45, 2.75) is 26.7 Å². The molecule has 0 N–H and O–H groups in total. The summed E-state index contributed by atoms with van der Waals surface area (Å²) in [4.78, 5) is 6.77. The van der Waals surface area contributed by atoms with Crippen molar-refractivity contribution in [3.05, 3.63) is 53.9 Å². The van der Waals surface area contributed by atoms with Gasteiger partial charge in [-0.2, -0.15) is 0 Å². The van der Waals surface area contributed by atoms with Crippen molar-refractivity contribution in [3.63, 3.8) is 0 Å². The van der Waals surface area contributed by atoms with Gasteiger partial charge < -0.3 is 4.90 Å². The topological polar surface area (TPSA) is 45.3 Å². The van der Waals surface area contributed by atoms with Gasteiger partial charge in [-0.1, -0.05) is 19.9 Å². The second-order valence-electron chi connectivity index (χ2n) is 6.52. The zero-order chi connectivity index (χ0) is 17.3. The number of anilines is 1. The van der Waals surface area contributed by atoms with Crippen LogP contribution < -0.4 is 4.90 Å². The fourth-order valence-corrected chi connectivity index (χ4v) is 2.57. The lowest BCUT2D eigenvalue weighted by Gasteiger charge is -2.11. The van der Waals surface area contributed by atoms with Gasteiger partial charge in [-0.15, -0.1) is 10.2 Å². The average molecular weight is 321 g/mol. The Hall–Kier alpha value is -2.69. The smallest absolute Gasteiger partial charge is 0.183 e. The number of imidazole rings is 1. The van der Waals surface area contributed by atoms with Gasteiger partial charge in [0.2, 0.25) is 0 Å². The number of rotatable bonds is 4. The second kappa shape index (κ2) is 6.43. The molecule has 0 bridgehead atoms. The second-order valence-corrected chi connectivity index (χ2v) is 6.52. The predicted octanol–water partition coefficient (Wildman–Crippen LogP) is 5.25. The molecule has 0 saturated heterocycles. The Balaban J connectivity index is 2.01. The zero-order valence-corrected chi connectivity index (χ0v) is 14.9. The molecule has 2 aromatic heterocycles. The first-order valence-electron chi connectivity index (χ1n) is 8.13. The van der Waals surface area contributed by atoms with E-state index in [4.69, 9.17) is 4.98 Å². The van der Waals surface area contributed by atoms with E-state index in [1.165, 1.54) is 5.56 Å². The molecule has 0 saturated carbocycles. The molecule has 0 amide bonds. The zero-order valence-electron chi connectivity index (χ0n) is 14.9. The number of aromatic nitrogens is 2. The molecule has 0 spiro atoms. The van der Waals surface area contributed by atoms with Gasteiger partial charge in [-0.05, 0) is 48.7 Å². The largest absolute Gasteiger partial charge is 0.378 e. The molecular formula is C19H23N5. The van der Waals surface area contributed by atoms with Crippen LogP contribution in [0.5, 0.6) is 0 Å². The van der Waals surface area contributed by atoms with E-state index in [-0.39, 0.29) is 5.92 Å². The van der Waals surface area contributed by atoms with Gasteiger partial charge >= 0.3 is 0 Å². The minimum absolute atomic E-state index is 0.287. The number of fused-ring (bicyclic) bond motifs is 1. The van der Waals surface area contributed by atoms with Gasteiger partial charge in [-0.3, -0.25) is 4.40 Å². The summed E-state index contributed by atoms with van der Waals surface area (Å²) in [5.74, 6) is 1.09. The van der Waals surface area contributed by atoms with Crippen LogP contribution in [-0.4, -0.2) is 23.5 Å². The highest BCUT2D eigenvalue weighted by molar-refractivity contribution is 5.55. The summed E-state index contributed by atoms with van der Waals surface area (Å²) in [6, 6.07) is 12.1. The summed E-state index contributed by atoms with van der Waals surface area (Å²) in [5.41, 5.74) is 5.01. The van der Waals surface area contributed by atoms with Crippen LogP contribution in [0.25, 0.3) is 5.65 Å². The summed E-state index contributed by atoms with van der Waals surface area (Å²) in [7, 11) is 4.04. The Morgan fingerprint density at radius 1 is 1.00 bits per heavy atom. The number of benzene rings is 1. The summed E-state index contributed by atoms with van der Waals surface area (Å²) in [6.07, 6.45) is 2.05. The molecule has 0 aliphatic rings. The van der Waals surface area contributed by atoms with Crippen molar-refractivity contribution in [2.75, 3.05) is 19.0 Å². The monoisotopic (exact) mass is 321 g/mol. The fourth-order valence-electron chi connectivity index (χ4n) is 2.57. The van der Waals surface area contributed by atoms with E-state index in [1.54, 1.807) is 0 Å². The van der Waals surface area contributed by atoms with Crippen molar-refractivity contribution < 1.29 is 0 Å². The first-order chi connectivity index (χ1) is 11.5. The molecule has 5 heteroatoms. The lowest BCUT2D eigenvalue weighted by molar-refractivity contribution is 0.831. The third-order valence-electron chi connectivity index (χ3n) is 3.94. The van der Waals surface area contributed by atoms with Crippen LogP contribution >= 0.6 is 0 Å². The molecule has 0 atom stereocenters. The number of hydrogen-bond acceptors (Lipinski definition) is 4. The standard InChI is InChI=1S/C19H23N5/c1-13(2)18-19(24-12-14(3)6-11-17(24)20-18)22-21-15-7-9-16(10-8-15)23(4)5/h6-13H,1-5H3. The van der Waals surface area contributed by atoms with Crippen LogP contribution in [0.15, 0.2) is 52.8 Å². The van der Waals surface area contributed by atoms with Crippen molar-refractivity contribution in [3.8, 4) is 0 Å². The maximum atomic E-state index is 4.71. The molecule has 0 unspecified atom stereocenters. The van der Waals surface area contributed by atoms with E-state index in [2.05, 4.69) is 48.2 Å². The van der Waals surface area contributed by atoms with E-state index < -0.39 is 0 Å². The Morgan fingerprint density at radius 2 is 1.71 bits per heavy atom. The van der Waals surface area contributed by atoms with Crippen LogP contribution in [-0.2, 0) is 0 Å². The highest BCUT2D eigenvalue weighted by Crippen LogP contribution is 2.30. The first kappa shape index (κ1) is 16.2. The highest BCUT2D eigenvalue weighted by atomic mass is 15.2. The Morgan fingerprint density at radius 3 is 2.33 bits per heavy atom. The van der Waals surface area contributed by atoms with E-state index in [0.29, 0.717) is 0 Å². The maximum absolute atomic E-state index is 4.71. The van der Waals surface area contributed by atoms with Crippen LogP contribution in [0.2, 0.25) is 0 Å². The summed E-state index contributed by atoms with van der Waals surface area (Å²) in [5, 5.41) is 8.93. The van der Waals surface area contributed by atoms with Gasteiger partial charge in [0.1, 0.15) is 5.65 Å². The van der Waals surface area contributed by atoms with Crippen LogP contribution in [0.3, 0.4) is 0 Å². The number of azo groups is 1. The summed E-state index contributed by atoms with van der Waals surface area (Å²) >= 11 is 0. The quantitative estimate of drug-likeness (QED) is 0.616. The third kappa shape index (κ3) is 3.15. The van der Waals surface area contributed by atoms with Gasteiger partial charge in [0, 0.05) is 26.0 Å². The Kier molecular flexibility index (Phi) is 4.34. The summed E-state index contributed by atoms with van der Waals surface area (Å²) in [6.45, 7) is 6.31. The van der Waals surface area contributed by atoms with Gasteiger partial charge in [0.15, 0.2) is 5.82 Å². The van der Waals surface area contributed by atoms with Crippen LogP contribution in [0, 0.1) is 6.92 Å². The summed E-state index contributed by atoms with van der Waals surface area (Å²) < 4.78 is 2.02. The molecule has 1 aromatic carbocycles. The Bertz CT molecular complexity index is 873. The minimum Gasteiger partial charge on any atom is -0.378 e. The third-order valence-corrected chi connectivity index (χ3v) is 3.94. The Labute approximate surface area is 142 Å². The minimum atomic E-state index is 0.287. The molecule has 24 heavy (non-hydrogen) atoms. The molecule has 3 aromatic rings. The van der Waals surface area contributed by atoms with E-state index in [0.717, 1.165) is 28.5 Å². The number of nitrogens with zero attached hydrogens (tertiary/aromatic N) is 5. The normalized spacial score (nSPS) is 11.8. The average Bonchev–Trinajstić information content (AvgIpc) is 2.91. The van der Waals surface area contributed by atoms with E-state index >= 15 is 0 Å². The molecule has 0 aliphatic heterocycles. The molecule has 5 nitrogen and oxygen atoms in total. The molecule has 0 radical (unpaired) electrons. The van der Waals surface area contributed by atoms with Crippen LogP contribution in [0.1, 0.15) is 31.0 Å². The molecular weight excluding hydrogens is 298 g/mol. The fraction of sp³-hybridized carbons (Fsp3) is 0.316. The predicted molar refractivity (Wildman–Crippen MR) is 99.0 cm³/mol. The SMILES string of the molecule is Cc1ccc2nc(C(C)C)c(N=Nc3ccc(N(C)C)cc3)n2c1. The van der Waals surface area contributed by atoms with Crippen molar-refractivity contribution >= 4 is 22.8 Å². The number of hydrogen-bond donors (Lipinski definition) is 0. The maximum Gasteiger partial charge on any atom is 0.183 e. The highest BCUT2D eigenvalue weighted by Gasteiger charge is 2.15. The number of pyridine rings is 1. The lowest BCUT2D eigenvalue weighted by Crippen LogP contribution is -2.07. The van der Waals surface area contributed by atoms with Crippen molar-refractivity contribution in [2.24, 2.45) is 10.2 Å². The van der Waals surface area contributed by atoms with Gasteiger partial charge in [0.25, 0.3) is 0 Å². The molecule has 0 aliphatic carbocycles. The molecule has 2 heterocycles. The van der Waals surface area contributed by atoms with Gasteiger partial charge in [0.05, 0.1) is 11.4 Å². The number of aryl methyl sites for hydroxylation is 1. The first-order valence-corrected chi connectivity index (χ1v) is 8.13. The molecule has 0 fully saturated rings. The molecule has 124 valence electrons.